The van der Waals surface area contributed by atoms with Crippen molar-refractivity contribution in [2.24, 2.45) is 5.92 Å². The Labute approximate surface area is 162 Å². The molecule has 26 heavy (non-hydrogen) atoms. The largest absolute Gasteiger partial charge is 0.440 e. The Balaban J connectivity index is 1.74. The fourth-order valence-corrected chi connectivity index (χ4v) is 3.54. The average molecular weight is 439 g/mol. The van der Waals surface area contributed by atoms with Crippen LogP contribution in [0.4, 0.5) is 4.39 Å². The number of ketones is 1. The molecule has 0 radical (unpaired) electrons. The summed E-state index contributed by atoms with van der Waals surface area (Å²) in [4.78, 5) is 17.2. The van der Waals surface area contributed by atoms with Gasteiger partial charge in [-0.1, -0.05) is 11.6 Å². The van der Waals surface area contributed by atoms with E-state index >= 15 is 0 Å². The molecular formula is C18H14BrClFN3O2. The van der Waals surface area contributed by atoms with E-state index in [9.17, 15) is 9.18 Å². The molecule has 0 atom stereocenters. The minimum absolute atomic E-state index is 0.127. The normalized spacial score (nSPS) is 14.0. The summed E-state index contributed by atoms with van der Waals surface area (Å²) in [6.45, 7) is 2.40. The second kappa shape index (κ2) is 6.63. The standard InChI is InChI=1S/C18H14BrClFN3O2/c1-9-22-15(17(26-9)12-5-4-11(21)6-14(12)19)16(25)13-8-24(23-18(13)20)7-10-2-3-10/h4-6,8,10H,2-3,7H2,1H3. The smallest absolute Gasteiger partial charge is 0.220 e. The monoisotopic (exact) mass is 437 g/mol. The van der Waals surface area contributed by atoms with E-state index in [-0.39, 0.29) is 28.0 Å². The number of carbonyl (C=O) groups excluding carboxylic acids is 1. The summed E-state index contributed by atoms with van der Waals surface area (Å²) in [5.74, 6) is 0.439. The molecule has 5 nitrogen and oxygen atoms in total. The Morgan fingerprint density at radius 2 is 2.23 bits per heavy atom. The van der Waals surface area contributed by atoms with E-state index in [2.05, 4.69) is 26.0 Å². The van der Waals surface area contributed by atoms with Gasteiger partial charge in [-0.3, -0.25) is 9.48 Å². The lowest BCUT2D eigenvalue weighted by Gasteiger charge is -2.03. The molecule has 134 valence electrons. The molecule has 3 aromatic rings. The van der Waals surface area contributed by atoms with Crippen LogP contribution in [0.2, 0.25) is 5.15 Å². The van der Waals surface area contributed by atoms with Crippen molar-refractivity contribution < 1.29 is 13.6 Å². The van der Waals surface area contributed by atoms with Crippen LogP contribution in [0.15, 0.2) is 33.3 Å². The van der Waals surface area contributed by atoms with Crippen molar-refractivity contribution in [2.45, 2.75) is 26.3 Å². The lowest BCUT2D eigenvalue weighted by molar-refractivity contribution is 0.103. The van der Waals surface area contributed by atoms with Crippen LogP contribution in [0.3, 0.4) is 0 Å². The summed E-state index contributed by atoms with van der Waals surface area (Å²) in [5, 5.41) is 4.36. The Morgan fingerprint density at radius 3 is 2.92 bits per heavy atom. The van der Waals surface area contributed by atoms with E-state index in [1.165, 1.54) is 31.0 Å². The molecule has 0 amide bonds. The third-order valence-corrected chi connectivity index (χ3v) is 5.16. The van der Waals surface area contributed by atoms with Crippen LogP contribution in [0, 0.1) is 18.7 Å². The van der Waals surface area contributed by atoms with Gasteiger partial charge < -0.3 is 4.42 Å². The summed E-state index contributed by atoms with van der Waals surface area (Å²) >= 11 is 9.48. The van der Waals surface area contributed by atoms with Gasteiger partial charge in [0.15, 0.2) is 22.5 Å². The topological polar surface area (TPSA) is 60.9 Å². The fourth-order valence-electron chi connectivity index (χ4n) is 2.77. The van der Waals surface area contributed by atoms with Crippen molar-refractivity contribution in [3.8, 4) is 11.3 Å². The van der Waals surface area contributed by atoms with Crippen molar-refractivity contribution in [1.29, 1.82) is 0 Å². The van der Waals surface area contributed by atoms with Gasteiger partial charge in [0.2, 0.25) is 5.78 Å². The zero-order valence-corrected chi connectivity index (χ0v) is 16.1. The first-order valence-electron chi connectivity index (χ1n) is 8.13. The number of halogens is 3. The highest BCUT2D eigenvalue weighted by molar-refractivity contribution is 9.10. The van der Waals surface area contributed by atoms with Crippen molar-refractivity contribution in [3.63, 3.8) is 0 Å². The first-order chi connectivity index (χ1) is 12.4. The molecule has 0 bridgehead atoms. The molecule has 8 heteroatoms. The quantitative estimate of drug-likeness (QED) is 0.523. The Morgan fingerprint density at radius 1 is 1.46 bits per heavy atom. The summed E-state index contributed by atoms with van der Waals surface area (Å²) in [6.07, 6.45) is 3.99. The summed E-state index contributed by atoms with van der Waals surface area (Å²) in [7, 11) is 0. The first-order valence-corrected chi connectivity index (χ1v) is 9.30. The third kappa shape index (κ3) is 3.33. The third-order valence-electron chi connectivity index (χ3n) is 4.23. The van der Waals surface area contributed by atoms with E-state index in [1.54, 1.807) is 17.8 Å². The van der Waals surface area contributed by atoms with Crippen LogP contribution in [-0.4, -0.2) is 20.5 Å². The van der Waals surface area contributed by atoms with E-state index in [0.717, 1.165) is 6.54 Å². The van der Waals surface area contributed by atoms with Gasteiger partial charge in [-0.15, -0.1) is 0 Å². The first kappa shape index (κ1) is 17.4. The number of aromatic nitrogens is 3. The molecule has 1 saturated carbocycles. The van der Waals surface area contributed by atoms with Crippen LogP contribution < -0.4 is 0 Å². The molecule has 1 aromatic carbocycles. The minimum Gasteiger partial charge on any atom is -0.440 e. The van der Waals surface area contributed by atoms with Crippen molar-refractivity contribution >= 4 is 33.3 Å². The number of hydrogen-bond donors (Lipinski definition) is 0. The maximum Gasteiger partial charge on any atom is 0.220 e. The Bertz CT molecular complexity index is 1010. The zero-order valence-electron chi connectivity index (χ0n) is 13.8. The lowest BCUT2D eigenvalue weighted by atomic mass is 10.1. The molecule has 1 fully saturated rings. The maximum atomic E-state index is 13.4. The second-order valence-corrected chi connectivity index (χ2v) is 7.58. The summed E-state index contributed by atoms with van der Waals surface area (Å²) < 4.78 is 21.2. The lowest BCUT2D eigenvalue weighted by Crippen LogP contribution is -2.04. The molecule has 1 aliphatic rings. The van der Waals surface area contributed by atoms with E-state index < -0.39 is 5.82 Å². The average Bonchev–Trinajstić information content (AvgIpc) is 3.19. The highest BCUT2D eigenvalue weighted by atomic mass is 79.9. The SMILES string of the molecule is Cc1nc(C(=O)c2cn(CC3CC3)nc2Cl)c(-c2ccc(F)cc2Br)o1. The molecule has 2 heterocycles. The number of carbonyl (C=O) groups is 1. The van der Waals surface area contributed by atoms with Gasteiger partial charge in [0, 0.05) is 29.7 Å². The van der Waals surface area contributed by atoms with Gasteiger partial charge in [-0.2, -0.15) is 5.10 Å². The fraction of sp³-hybridized carbons (Fsp3) is 0.278. The number of nitrogens with zero attached hydrogens (tertiary/aromatic N) is 3. The molecule has 0 spiro atoms. The molecule has 2 aromatic heterocycles. The molecule has 0 aliphatic heterocycles. The van der Waals surface area contributed by atoms with Crippen LogP contribution in [0.1, 0.15) is 34.8 Å². The van der Waals surface area contributed by atoms with Gasteiger partial charge in [0.05, 0.1) is 5.56 Å². The van der Waals surface area contributed by atoms with Crippen molar-refractivity contribution in [3.05, 3.63) is 57.0 Å². The van der Waals surface area contributed by atoms with Gasteiger partial charge in [0.25, 0.3) is 0 Å². The van der Waals surface area contributed by atoms with Crippen LogP contribution in [0.25, 0.3) is 11.3 Å². The van der Waals surface area contributed by atoms with Crippen LogP contribution in [0.5, 0.6) is 0 Å². The minimum atomic E-state index is -0.394. The second-order valence-electron chi connectivity index (χ2n) is 6.36. The van der Waals surface area contributed by atoms with E-state index in [4.69, 9.17) is 16.0 Å². The Kier molecular flexibility index (Phi) is 4.44. The van der Waals surface area contributed by atoms with Gasteiger partial charge in [0.1, 0.15) is 5.82 Å². The predicted molar refractivity (Wildman–Crippen MR) is 97.7 cm³/mol. The number of hydrogen-bond acceptors (Lipinski definition) is 4. The molecule has 1 aliphatic carbocycles. The highest BCUT2D eigenvalue weighted by Gasteiger charge is 2.28. The van der Waals surface area contributed by atoms with Gasteiger partial charge in [-0.05, 0) is 52.9 Å². The number of benzene rings is 1. The molecule has 4 rings (SSSR count). The Hall–Kier alpha value is -1.99. The molecule has 0 saturated heterocycles. The molecule has 0 N–H and O–H groups in total. The highest BCUT2D eigenvalue weighted by Crippen LogP contribution is 2.34. The van der Waals surface area contributed by atoms with E-state index in [0.29, 0.717) is 21.8 Å². The maximum absolute atomic E-state index is 13.4. The number of rotatable bonds is 5. The van der Waals surface area contributed by atoms with Gasteiger partial charge in [-0.25, -0.2) is 9.37 Å². The van der Waals surface area contributed by atoms with Crippen LogP contribution >= 0.6 is 27.5 Å². The predicted octanol–water partition coefficient (Wildman–Crippen LogP) is 5.04. The van der Waals surface area contributed by atoms with Crippen molar-refractivity contribution in [1.82, 2.24) is 14.8 Å². The molecular weight excluding hydrogens is 425 g/mol. The number of aryl methyl sites for hydroxylation is 1. The zero-order chi connectivity index (χ0) is 18.4. The molecule has 0 unspecified atom stereocenters. The summed E-state index contributed by atoms with van der Waals surface area (Å²) in [5.41, 5.74) is 0.944. The van der Waals surface area contributed by atoms with Gasteiger partial charge >= 0.3 is 0 Å². The van der Waals surface area contributed by atoms with Crippen molar-refractivity contribution in [2.75, 3.05) is 0 Å². The summed E-state index contributed by atoms with van der Waals surface area (Å²) in [6, 6.07) is 4.14. The van der Waals surface area contributed by atoms with Crippen LogP contribution in [-0.2, 0) is 6.54 Å². The van der Waals surface area contributed by atoms with E-state index in [1.807, 2.05) is 0 Å². The number of oxazole rings is 1.